The van der Waals surface area contributed by atoms with Crippen molar-refractivity contribution in [2.75, 3.05) is 0 Å². The van der Waals surface area contributed by atoms with Crippen LogP contribution in [0.1, 0.15) is 12.5 Å². The summed E-state index contributed by atoms with van der Waals surface area (Å²) >= 11 is 5.80. The largest absolute Gasteiger partial charge is 0.306 e. The van der Waals surface area contributed by atoms with Gasteiger partial charge in [-0.2, -0.15) is 0 Å². The molecule has 0 saturated heterocycles. The van der Waals surface area contributed by atoms with E-state index in [1.807, 2.05) is 13.0 Å². The third-order valence-corrected chi connectivity index (χ3v) is 2.32. The Hall–Kier alpha value is -1.35. The molecule has 0 bridgehead atoms. The molecule has 0 atom stereocenters. The Bertz CT molecular complexity index is 533. The fourth-order valence-electron chi connectivity index (χ4n) is 1.37. The minimum Gasteiger partial charge on any atom is -0.306 e. The van der Waals surface area contributed by atoms with Gasteiger partial charge in [-0.25, -0.2) is 4.98 Å². The van der Waals surface area contributed by atoms with Gasteiger partial charge in [-0.3, -0.25) is 4.79 Å². The number of aromatic amines is 1. The molecular formula is C10H9ClN2O. The average Bonchev–Trinajstić information content (AvgIpc) is 2.17. The van der Waals surface area contributed by atoms with E-state index in [-0.39, 0.29) is 5.56 Å². The van der Waals surface area contributed by atoms with E-state index >= 15 is 0 Å². The van der Waals surface area contributed by atoms with Crippen molar-refractivity contribution in [1.82, 2.24) is 9.97 Å². The Morgan fingerprint density at radius 1 is 1.50 bits per heavy atom. The first-order chi connectivity index (χ1) is 6.70. The van der Waals surface area contributed by atoms with Gasteiger partial charge in [-0.05, 0) is 18.6 Å². The molecule has 0 aromatic carbocycles. The number of rotatable bonds is 1. The van der Waals surface area contributed by atoms with E-state index in [0.717, 1.165) is 10.9 Å². The lowest BCUT2D eigenvalue weighted by atomic mass is 10.2. The molecule has 4 heteroatoms. The third-order valence-electron chi connectivity index (χ3n) is 2.12. The highest BCUT2D eigenvalue weighted by molar-refractivity contribution is 6.31. The number of aryl methyl sites for hydroxylation is 1. The summed E-state index contributed by atoms with van der Waals surface area (Å²) in [6.45, 7) is 1.94. The van der Waals surface area contributed by atoms with E-state index in [1.54, 1.807) is 6.07 Å². The van der Waals surface area contributed by atoms with Gasteiger partial charge in [-0.15, -0.1) is 0 Å². The first-order valence-electron chi connectivity index (χ1n) is 4.38. The van der Waals surface area contributed by atoms with E-state index in [1.165, 1.54) is 6.20 Å². The molecular weight excluding hydrogens is 200 g/mol. The van der Waals surface area contributed by atoms with Crippen LogP contribution in [-0.2, 0) is 6.42 Å². The van der Waals surface area contributed by atoms with Crippen LogP contribution in [0.5, 0.6) is 0 Å². The zero-order valence-electron chi connectivity index (χ0n) is 7.67. The van der Waals surface area contributed by atoms with Crippen LogP contribution >= 0.6 is 11.6 Å². The monoisotopic (exact) mass is 208 g/mol. The lowest BCUT2D eigenvalue weighted by Gasteiger charge is -2.00. The van der Waals surface area contributed by atoms with E-state index in [4.69, 9.17) is 11.6 Å². The maximum absolute atomic E-state index is 11.4. The Labute approximate surface area is 85.7 Å². The number of fused-ring (bicyclic) bond motifs is 1. The second kappa shape index (κ2) is 3.42. The van der Waals surface area contributed by atoms with E-state index in [2.05, 4.69) is 9.97 Å². The van der Waals surface area contributed by atoms with Gasteiger partial charge in [0.15, 0.2) is 0 Å². The molecule has 72 valence electrons. The van der Waals surface area contributed by atoms with Crippen molar-refractivity contribution in [1.29, 1.82) is 0 Å². The molecule has 2 rings (SSSR count). The van der Waals surface area contributed by atoms with Crippen molar-refractivity contribution in [3.63, 3.8) is 0 Å². The fraction of sp³-hybridized carbons (Fsp3) is 0.200. The molecule has 0 aliphatic carbocycles. The number of nitrogens with zero attached hydrogens (tertiary/aromatic N) is 1. The molecule has 0 radical (unpaired) electrons. The maximum atomic E-state index is 11.4. The summed E-state index contributed by atoms with van der Waals surface area (Å²) in [6, 6.07) is 3.62. The summed E-state index contributed by atoms with van der Waals surface area (Å²) in [4.78, 5) is 18.2. The Morgan fingerprint density at radius 2 is 2.29 bits per heavy atom. The van der Waals surface area contributed by atoms with Gasteiger partial charge < -0.3 is 4.98 Å². The minimum atomic E-state index is -0.0742. The predicted molar refractivity (Wildman–Crippen MR) is 56.8 cm³/mol. The number of pyridine rings is 2. The SMILES string of the molecule is CCc1cc2cc(Cl)cnc2[nH]c1=O. The molecule has 2 heterocycles. The number of H-pyrrole nitrogens is 1. The molecule has 1 N–H and O–H groups in total. The predicted octanol–water partition coefficient (Wildman–Crippen LogP) is 2.14. The third kappa shape index (κ3) is 1.51. The molecule has 2 aromatic rings. The fourth-order valence-corrected chi connectivity index (χ4v) is 1.54. The Kier molecular flexibility index (Phi) is 2.25. The maximum Gasteiger partial charge on any atom is 0.252 e. The Balaban J connectivity index is 2.80. The number of aromatic nitrogens is 2. The summed E-state index contributed by atoms with van der Waals surface area (Å²) in [5, 5.41) is 1.44. The van der Waals surface area contributed by atoms with Gasteiger partial charge in [0.25, 0.3) is 5.56 Å². The van der Waals surface area contributed by atoms with Crippen LogP contribution in [0.25, 0.3) is 11.0 Å². The van der Waals surface area contributed by atoms with Gasteiger partial charge in [0.1, 0.15) is 5.65 Å². The zero-order chi connectivity index (χ0) is 10.1. The van der Waals surface area contributed by atoms with Crippen LogP contribution in [0.15, 0.2) is 23.1 Å². The van der Waals surface area contributed by atoms with Gasteiger partial charge in [0, 0.05) is 17.1 Å². The Morgan fingerprint density at radius 3 is 3.00 bits per heavy atom. The van der Waals surface area contributed by atoms with Gasteiger partial charge in [-0.1, -0.05) is 18.5 Å². The van der Waals surface area contributed by atoms with Crippen molar-refractivity contribution < 1.29 is 0 Å². The van der Waals surface area contributed by atoms with Crippen LogP contribution in [0.4, 0.5) is 0 Å². The number of hydrogen-bond donors (Lipinski definition) is 1. The van der Waals surface area contributed by atoms with E-state index in [9.17, 15) is 4.79 Å². The quantitative estimate of drug-likeness (QED) is 0.781. The van der Waals surface area contributed by atoms with Crippen LogP contribution in [0.2, 0.25) is 5.02 Å². The summed E-state index contributed by atoms with van der Waals surface area (Å²) in [7, 11) is 0. The van der Waals surface area contributed by atoms with Crippen LogP contribution in [-0.4, -0.2) is 9.97 Å². The molecule has 0 unspecified atom stereocenters. The average molecular weight is 209 g/mol. The second-order valence-corrected chi connectivity index (χ2v) is 3.51. The molecule has 0 spiro atoms. The van der Waals surface area contributed by atoms with Crippen molar-refractivity contribution >= 4 is 22.6 Å². The molecule has 3 nitrogen and oxygen atoms in total. The van der Waals surface area contributed by atoms with Gasteiger partial charge >= 0.3 is 0 Å². The van der Waals surface area contributed by atoms with E-state index < -0.39 is 0 Å². The molecule has 2 aromatic heterocycles. The number of hydrogen-bond acceptors (Lipinski definition) is 2. The highest BCUT2D eigenvalue weighted by Gasteiger charge is 2.01. The second-order valence-electron chi connectivity index (χ2n) is 3.07. The lowest BCUT2D eigenvalue weighted by Crippen LogP contribution is -2.11. The van der Waals surface area contributed by atoms with Crippen LogP contribution in [0.3, 0.4) is 0 Å². The summed E-state index contributed by atoms with van der Waals surface area (Å²) < 4.78 is 0. The number of halogens is 1. The standard InChI is InChI=1S/C10H9ClN2O/c1-2-6-3-7-4-8(11)5-12-9(7)13-10(6)14/h3-5H,2H2,1H3,(H,12,13,14). The van der Waals surface area contributed by atoms with Gasteiger partial charge in [0.05, 0.1) is 5.02 Å². The summed E-state index contributed by atoms with van der Waals surface area (Å²) in [6.07, 6.45) is 2.23. The van der Waals surface area contributed by atoms with Crippen molar-refractivity contribution in [3.05, 3.63) is 39.3 Å². The van der Waals surface area contributed by atoms with Crippen molar-refractivity contribution in [2.24, 2.45) is 0 Å². The summed E-state index contributed by atoms with van der Waals surface area (Å²) in [5.74, 6) is 0. The van der Waals surface area contributed by atoms with Gasteiger partial charge in [0.2, 0.25) is 0 Å². The number of nitrogens with one attached hydrogen (secondary N) is 1. The zero-order valence-corrected chi connectivity index (χ0v) is 8.43. The minimum absolute atomic E-state index is 0.0742. The lowest BCUT2D eigenvalue weighted by molar-refractivity contribution is 1.07. The molecule has 0 fully saturated rings. The first kappa shape index (κ1) is 9.21. The van der Waals surface area contributed by atoms with Crippen molar-refractivity contribution in [3.8, 4) is 0 Å². The van der Waals surface area contributed by atoms with Crippen LogP contribution in [0, 0.1) is 0 Å². The molecule has 0 aliphatic heterocycles. The van der Waals surface area contributed by atoms with Crippen LogP contribution < -0.4 is 5.56 Å². The summed E-state index contributed by atoms with van der Waals surface area (Å²) in [5.41, 5.74) is 1.26. The highest BCUT2D eigenvalue weighted by atomic mass is 35.5. The first-order valence-corrected chi connectivity index (χ1v) is 4.76. The normalized spacial score (nSPS) is 10.7. The van der Waals surface area contributed by atoms with Crippen molar-refractivity contribution in [2.45, 2.75) is 13.3 Å². The topological polar surface area (TPSA) is 45.8 Å². The molecule has 0 amide bonds. The highest BCUT2D eigenvalue weighted by Crippen LogP contribution is 2.14. The molecule has 0 aliphatic rings. The molecule has 0 saturated carbocycles. The smallest absolute Gasteiger partial charge is 0.252 e. The molecule has 14 heavy (non-hydrogen) atoms. The van der Waals surface area contributed by atoms with E-state index in [0.29, 0.717) is 17.1 Å².